The Morgan fingerprint density at radius 2 is 1.93 bits per heavy atom. The Balaban J connectivity index is 0.00000112. The average Bonchev–Trinajstić information content (AvgIpc) is 2.15. The van der Waals surface area contributed by atoms with Crippen molar-refractivity contribution in [1.29, 1.82) is 0 Å². The van der Waals surface area contributed by atoms with Crippen molar-refractivity contribution in [2.75, 3.05) is 5.75 Å². The van der Waals surface area contributed by atoms with Crippen molar-refractivity contribution >= 4 is 24.2 Å². The van der Waals surface area contributed by atoms with Gasteiger partial charge in [0.25, 0.3) is 0 Å². The maximum absolute atomic E-state index is 12.6. The van der Waals surface area contributed by atoms with Gasteiger partial charge in [0.05, 0.1) is 0 Å². The summed E-state index contributed by atoms with van der Waals surface area (Å²) in [6.45, 7) is -4.85. The van der Waals surface area contributed by atoms with E-state index in [0.29, 0.717) is 4.90 Å². The maximum Gasteiger partial charge on any atom is 1.00 e. The van der Waals surface area contributed by atoms with Crippen LogP contribution in [-0.4, -0.2) is 12.7 Å². The van der Waals surface area contributed by atoms with E-state index >= 15 is 0 Å². The topological polar surface area (TPSA) is 0 Å². The molecule has 0 unspecified atom stereocenters. The minimum absolute atomic E-state index is 0. The average molecular weight is 256 g/mol. The number of thioether (sulfide) groups is 1. The standard InChI is InChI=1S/C9H9BF3S.K/c11-10(12,13)8-5-1-3-7-4-2-6-14-9(7)8;/h1,3,5H,2,4,6H2;/q-1;+1. The van der Waals surface area contributed by atoms with Gasteiger partial charge in [0.2, 0.25) is 0 Å². The van der Waals surface area contributed by atoms with Crippen molar-refractivity contribution in [2.45, 2.75) is 17.7 Å². The normalized spacial score (nSPS) is 15.4. The summed E-state index contributed by atoms with van der Waals surface area (Å²) in [5.74, 6) is 0.802. The summed E-state index contributed by atoms with van der Waals surface area (Å²) in [6, 6.07) is 4.50. The fourth-order valence-electron chi connectivity index (χ4n) is 1.67. The Morgan fingerprint density at radius 3 is 2.60 bits per heavy atom. The van der Waals surface area contributed by atoms with Crippen molar-refractivity contribution in [2.24, 2.45) is 0 Å². The number of hydrogen-bond acceptors (Lipinski definition) is 1. The summed E-state index contributed by atoms with van der Waals surface area (Å²) in [5, 5.41) is 0. The largest absolute Gasteiger partial charge is 1.00 e. The molecule has 0 aromatic heterocycles. The Hall–Kier alpha value is 1.06. The molecule has 1 heterocycles. The maximum atomic E-state index is 12.6. The smallest absolute Gasteiger partial charge is 0.445 e. The van der Waals surface area contributed by atoms with Crippen molar-refractivity contribution in [3.63, 3.8) is 0 Å². The summed E-state index contributed by atoms with van der Waals surface area (Å²) >= 11 is 1.34. The molecule has 1 aromatic carbocycles. The van der Waals surface area contributed by atoms with E-state index in [1.807, 2.05) is 0 Å². The molecule has 0 spiro atoms. The summed E-state index contributed by atoms with van der Waals surface area (Å²) in [5.41, 5.74) is 0.449. The molecule has 0 fully saturated rings. The van der Waals surface area contributed by atoms with Gasteiger partial charge in [-0.15, -0.1) is 11.8 Å². The zero-order valence-corrected chi connectivity index (χ0v) is 12.4. The Bertz CT molecular complexity index is 354. The zero-order chi connectivity index (χ0) is 10.2. The number of halogens is 3. The van der Waals surface area contributed by atoms with Gasteiger partial charge in [0, 0.05) is 0 Å². The Kier molecular flexibility index (Phi) is 5.27. The van der Waals surface area contributed by atoms with E-state index in [0.717, 1.165) is 24.2 Å². The molecule has 0 radical (unpaired) electrons. The second-order valence-corrected chi connectivity index (χ2v) is 4.47. The number of rotatable bonds is 1. The molecule has 0 nitrogen and oxygen atoms in total. The summed E-state index contributed by atoms with van der Waals surface area (Å²) in [4.78, 5) is 0.464. The molecule has 0 bridgehead atoms. The molecule has 76 valence electrons. The summed E-state index contributed by atoms with van der Waals surface area (Å²) in [6.07, 6.45) is 1.76. The van der Waals surface area contributed by atoms with Crippen LogP contribution < -0.4 is 56.8 Å². The molecule has 0 atom stereocenters. The van der Waals surface area contributed by atoms with E-state index in [2.05, 4.69) is 0 Å². The van der Waals surface area contributed by atoms with Crippen LogP contribution in [0.3, 0.4) is 0 Å². The van der Waals surface area contributed by atoms with E-state index in [-0.39, 0.29) is 51.4 Å². The van der Waals surface area contributed by atoms with E-state index in [4.69, 9.17) is 0 Å². The summed E-state index contributed by atoms with van der Waals surface area (Å²) < 4.78 is 37.9. The Labute approximate surface area is 134 Å². The van der Waals surface area contributed by atoms with Crippen LogP contribution in [0.15, 0.2) is 23.1 Å². The number of benzene rings is 1. The van der Waals surface area contributed by atoms with Gasteiger partial charge in [-0.2, -0.15) is 0 Å². The van der Waals surface area contributed by atoms with Gasteiger partial charge in [-0.05, 0) is 29.1 Å². The molecular formula is C9H9BF3KS. The van der Waals surface area contributed by atoms with Crippen LogP contribution in [-0.2, 0) is 6.42 Å². The first-order chi connectivity index (χ1) is 6.59. The number of fused-ring (bicyclic) bond motifs is 1. The first kappa shape index (κ1) is 14.1. The van der Waals surface area contributed by atoms with Crippen LogP contribution in [0.2, 0.25) is 0 Å². The van der Waals surface area contributed by atoms with Gasteiger partial charge in [0.15, 0.2) is 0 Å². The molecule has 0 saturated heterocycles. The second-order valence-electron chi connectivity index (χ2n) is 3.36. The fourth-order valence-corrected chi connectivity index (χ4v) is 2.89. The minimum Gasteiger partial charge on any atom is -0.445 e. The molecule has 6 heteroatoms. The SMILES string of the molecule is F[B-](F)(F)c1cccc2c1SCCC2.[K+]. The molecule has 0 saturated carbocycles. The molecule has 0 N–H and O–H groups in total. The molecular weight excluding hydrogens is 247 g/mol. The Morgan fingerprint density at radius 1 is 1.20 bits per heavy atom. The summed E-state index contributed by atoms with van der Waals surface area (Å²) in [7, 11) is 0. The van der Waals surface area contributed by atoms with E-state index in [1.54, 1.807) is 6.07 Å². The van der Waals surface area contributed by atoms with E-state index in [1.165, 1.54) is 23.9 Å². The third kappa shape index (κ3) is 3.26. The molecule has 1 aliphatic rings. The first-order valence-electron chi connectivity index (χ1n) is 4.53. The van der Waals surface area contributed by atoms with Gasteiger partial charge < -0.3 is 12.9 Å². The number of hydrogen-bond donors (Lipinski definition) is 0. The molecule has 1 aliphatic heterocycles. The van der Waals surface area contributed by atoms with Crippen LogP contribution in [0.4, 0.5) is 12.9 Å². The van der Waals surface area contributed by atoms with E-state index in [9.17, 15) is 12.9 Å². The molecule has 1 aromatic rings. The predicted octanol–water partition coefficient (Wildman–Crippen LogP) is -0.217. The second kappa shape index (κ2) is 5.60. The van der Waals surface area contributed by atoms with Gasteiger partial charge in [-0.3, -0.25) is 0 Å². The number of aryl methyl sites for hydroxylation is 1. The van der Waals surface area contributed by atoms with Crippen LogP contribution in [0.25, 0.3) is 0 Å². The van der Waals surface area contributed by atoms with Crippen LogP contribution in [0.1, 0.15) is 12.0 Å². The van der Waals surface area contributed by atoms with Gasteiger partial charge >= 0.3 is 58.4 Å². The van der Waals surface area contributed by atoms with Crippen LogP contribution >= 0.6 is 11.8 Å². The van der Waals surface area contributed by atoms with Gasteiger partial charge in [-0.1, -0.05) is 23.7 Å². The molecule has 0 amide bonds. The van der Waals surface area contributed by atoms with Crippen LogP contribution in [0.5, 0.6) is 0 Å². The third-order valence-electron chi connectivity index (χ3n) is 2.32. The molecule has 15 heavy (non-hydrogen) atoms. The van der Waals surface area contributed by atoms with Crippen molar-refractivity contribution < 1.29 is 64.3 Å². The van der Waals surface area contributed by atoms with Crippen LogP contribution in [0, 0.1) is 0 Å². The molecule has 0 aliphatic carbocycles. The quantitative estimate of drug-likeness (QED) is 0.626. The predicted molar refractivity (Wildman–Crippen MR) is 54.2 cm³/mol. The molecule has 2 rings (SSSR count). The minimum atomic E-state index is -4.85. The van der Waals surface area contributed by atoms with Gasteiger partial charge in [0.1, 0.15) is 0 Å². The van der Waals surface area contributed by atoms with Gasteiger partial charge in [-0.25, -0.2) is 0 Å². The monoisotopic (exact) mass is 256 g/mol. The zero-order valence-electron chi connectivity index (χ0n) is 8.47. The van der Waals surface area contributed by atoms with Crippen molar-refractivity contribution in [3.05, 3.63) is 23.8 Å². The fraction of sp³-hybridized carbons (Fsp3) is 0.333. The van der Waals surface area contributed by atoms with E-state index < -0.39 is 12.4 Å². The van der Waals surface area contributed by atoms with Crippen molar-refractivity contribution in [3.8, 4) is 0 Å². The third-order valence-corrected chi connectivity index (χ3v) is 3.60. The van der Waals surface area contributed by atoms with Crippen molar-refractivity contribution in [1.82, 2.24) is 0 Å². The first-order valence-corrected chi connectivity index (χ1v) is 5.52.